The van der Waals surface area contributed by atoms with Crippen molar-refractivity contribution in [2.45, 2.75) is 39.0 Å². The van der Waals surface area contributed by atoms with E-state index in [4.69, 9.17) is 4.98 Å². The van der Waals surface area contributed by atoms with Gasteiger partial charge in [0.15, 0.2) is 0 Å². The summed E-state index contributed by atoms with van der Waals surface area (Å²) < 4.78 is 2.25. The van der Waals surface area contributed by atoms with Gasteiger partial charge >= 0.3 is 0 Å². The van der Waals surface area contributed by atoms with Gasteiger partial charge in [-0.25, -0.2) is 4.98 Å². The third kappa shape index (κ3) is 3.84. The van der Waals surface area contributed by atoms with E-state index in [0.717, 1.165) is 28.5 Å². The van der Waals surface area contributed by atoms with Gasteiger partial charge in [0.2, 0.25) is 0 Å². The highest BCUT2D eigenvalue weighted by Crippen LogP contribution is 2.50. The van der Waals surface area contributed by atoms with Crippen molar-refractivity contribution in [3.63, 3.8) is 0 Å². The van der Waals surface area contributed by atoms with E-state index in [1.54, 1.807) is 5.57 Å². The molecule has 6 aromatic carbocycles. The maximum Gasteiger partial charge on any atom is 0.111 e. The molecule has 2 atom stereocenters. The van der Waals surface area contributed by atoms with Gasteiger partial charge in [-0.2, -0.15) is 0 Å². The zero-order chi connectivity index (χ0) is 29.4. The lowest BCUT2D eigenvalue weighted by molar-refractivity contribution is 0.404. The Morgan fingerprint density at radius 1 is 0.659 bits per heavy atom. The summed E-state index contributed by atoms with van der Waals surface area (Å²) in [6, 6.07) is 42.5. The maximum atomic E-state index is 4.80. The number of aromatic nitrogens is 2. The van der Waals surface area contributed by atoms with Crippen molar-refractivity contribution in [2.75, 3.05) is 0 Å². The Balaban J connectivity index is 1.27. The summed E-state index contributed by atoms with van der Waals surface area (Å²) in [6.45, 7) is 4.50. The molecule has 0 spiro atoms. The topological polar surface area (TPSA) is 17.8 Å². The minimum absolute atomic E-state index is 0.639. The molecule has 7 aromatic rings. The molecule has 2 aliphatic rings. The van der Waals surface area contributed by atoms with Crippen molar-refractivity contribution < 1.29 is 0 Å². The third-order valence-corrected chi connectivity index (χ3v) is 10.1. The van der Waals surface area contributed by atoms with E-state index in [1.165, 1.54) is 74.2 Å². The SMILES string of the molecule is Cc1nc2ccccc2n1-c1ccc(-c2c3ccccc3c(-c3cccc4c3C=C3CC(C)CC4C3)c3ccccc23)cc1. The van der Waals surface area contributed by atoms with Gasteiger partial charge in [-0.3, -0.25) is 4.57 Å². The van der Waals surface area contributed by atoms with Crippen molar-refractivity contribution in [3.05, 3.63) is 138 Å². The first-order valence-electron chi connectivity index (χ1n) is 15.9. The van der Waals surface area contributed by atoms with Gasteiger partial charge in [-0.15, -0.1) is 0 Å². The first kappa shape index (κ1) is 25.5. The Kier molecular flexibility index (Phi) is 5.68. The fourth-order valence-electron chi connectivity index (χ4n) is 8.36. The van der Waals surface area contributed by atoms with E-state index >= 15 is 0 Å². The highest BCUT2D eigenvalue weighted by molar-refractivity contribution is 6.22. The monoisotopic (exact) mass is 566 g/mol. The number of aryl methyl sites for hydroxylation is 1. The summed E-state index contributed by atoms with van der Waals surface area (Å²) in [7, 11) is 0. The molecule has 9 rings (SSSR count). The Hall–Kier alpha value is -4.95. The zero-order valence-electron chi connectivity index (χ0n) is 25.2. The summed E-state index contributed by atoms with van der Waals surface area (Å²) in [6.07, 6.45) is 6.29. The van der Waals surface area contributed by atoms with Gasteiger partial charge in [-0.1, -0.05) is 110 Å². The van der Waals surface area contributed by atoms with E-state index in [2.05, 4.69) is 140 Å². The predicted octanol–water partition coefficient (Wildman–Crippen LogP) is 11.3. The largest absolute Gasteiger partial charge is 0.297 e. The minimum atomic E-state index is 0.639. The summed E-state index contributed by atoms with van der Waals surface area (Å²) in [5.41, 5.74) is 13.2. The van der Waals surface area contributed by atoms with Crippen LogP contribution in [-0.4, -0.2) is 9.55 Å². The standard InChI is InChI=1S/C42H34N2/c1-26-22-28-24-30(23-26)32-14-9-15-37(38(32)25-28)42-35-12-5-3-10-33(35)41(34-11-4-6-13-36(34)42)29-18-20-31(21-19-29)44-27(2)43-39-16-7-8-17-40(39)44/h3-21,25-26,30H,22-24H2,1-2H3. The van der Waals surface area contributed by atoms with Crippen LogP contribution in [0.25, 0.3) is 66.6 Å². The highest BCUT2D eigenvalue weighted by atomic mass is 15.1. The fourth-order valence-corrected chi connectivity index (χ4v) is 8.36. The van der Waals surface area contributed by atoms with Gasteiger partial charge < -0.3 is 0 Å². The molecule has 1 aromatic heterocycles. The van der Waals surface area contributed by atoms with Crippen LogP contribution in [0.2, 0.25) is 0 Å². The summed E-state index contributed by atoms with van der Waals surface area (Å²) in [5, 5.41) is 5.23. The number of imidazole rings is 1. The lowest BCUT2D eigenvalue weighted by atomic mass is 9.70. The molecule has 0 amide bonds. The normalized spacial score (nSPS) is 17.6. The molecule has 0 aliphatic heterocycles. The predicted molar refractivity (Wildman–Crippen MR) is 185 cm³/mol. The van der Waals surface area contributed by atoms with Crippen LogP contribution in [0.3, 0.4) is 0 Å². The number of para-hydroxylation sites is 2. The van der Waals surface area contributed by atoms with Gasteiger partial charge in [0.25, 0.3) is 0 Å². The number of nitrogens with zero attached hydrogens (tertiary/aromatic N) is 2. The molecule has 2 nitrogen and oxygen atoms in total. The van der Waals surface area contributed by atoms with Crippen molar-refractivity contribution in [3.8, 4) is 27.9 Å². The molecule has 0 saturated heterocycles. The fraction of sp³-hybridized carbons (Fsp3) is 0.167. The van der Waals surface area contributed by atoms with Crippen molar-refractivity contribution in [1.82, 2.24) is 9.55 Å². The highest BCUT2D eigenvalue weighted by Gasteiger charge is 2.30. The molecular formula is C42H34N2. The molecule has 2 unspecified atom stereocenters. The second-order valence-corrected chi connectivity index (χ2v) is 12.9. The smallest absolute Gasteiger partial charge is 0.111 e. The average Bonchev–Trinajstić information content (AvgIpc) is 3.39. The quantitative estimate of drug-likeness (QED) is 0.195. The molecule has 0 N–H and O–H groups in total. The number of hydrogen-bond acceptors (Lipinski definition) is 1. The summed E-state index contributed by atoms with van der Waals surface area (Å²) in [4.78, 5) is 4.80. The zero-order valence-corrected chi connectivity index (χ0v) is 25.2. The van der Waals surface area contributed by atoms with Gasteiger partial charge in [0.05, 0.1) is 11.0 Å². The van der Waals surface area contributed by atoms with E-state index in [-0.39, 0.29) is 0 Å². The molecule has 2 bridgehead atoms. The van der Waals surface area contributed by atoms with Crippen LogP contribution < -0.4 is 0 Å². The minimum Gasteiger partial charge on any atom is -0.297 e. The van der Waals surface area contributed by atoms with Crippen LogP contribution in [-0.2, 0) is 0 Å². The number of rotatable bonds is 3. The van der Waals surface area contributed by atoms with Crippen LogP contribution in [0.4, 0.5) is 0 Å². The Morgan fingerprint density at radius 2 is 1.32 bits per heavy atom. The summed E-state index contributed by atoms with van der Waals surface area (Å²) in [5.74, 6) is 2.40. The Bertz CT molecular complexity index is 2230. The molecule has 44 heavy (non-hydrogen) atoms. The molecule has 0 radical (unpaired) electrons. The number of allylic oxidation sites excluding steroid dienone is 1. The van der Waals surface area contributed by atoms with Crippen molar-refractivity contribution >= 4 is 38.7 Å². The molecule has 2 heteroatoms. The Labute approximate surface area is 258 Å². The van der Waals surface area contributed by atoms with Crippen molar-refractivity contribution in [2.24, 2.45) is 5.92 Å². The van der Waals surface area contributed by atoms with E-state index < -0.39 is 0 Å². The maximum absolute atomic E-state index is 4.80. The Morgan fingerprint density at radius 3 is 2.05 bits per heavy atom. The van der Waals surface area contributed by atoms with Crippen molar-refractivity contribution in [1.29, 1.82) is 0 Å². The van der Waals surface area contributed by atoms with Crippen LogP contribution in [0, 0.1) is 12.8 Å². The second-order valence-electron chi connectivity index (χ2n) is 12.9. The molecule has 1 saturated carbocycles. The molecule has 1 heterocycles. The van der Waals surface area contributed by atoms with Crippen LogP contribution >= 0.6 is 0 Å². The van der Waals surface area contributed by atoms with Crippen LogP contribution in [0.15, 0.2) is 121 Å². The molecule has 2 aliphatic carbocycles. The second kappa shape index (κ2) is 9.79. The first-order chi connectivity index (χ1) is 21.6. The van der Waals surface area contributed by atoms with Crippen LogP contribution in [0.5, 0.6) is 0 Å². The lowest BCUT2D eigenvalue weighted by Crippen LogP contribution is -2.18. The molecule has 1 fully saturated rings. The van der Waals surface area contributed by atoms with E-state index in [9.17, 15) is 0 Å². The lowest BCUT2D eigenvalue weighted by Gasteiger charge is -2.35. The van der Waals surface area contributed by atoms with Gasteiger partial charge in [0.1, 0.15) is 5.82 Å². The van der Waals surface area contributed by atoms with E-state index in [1.807, 2.05) is 0 Å². The average molecular weight is 567 g/mol. The summed E-state index contributed by atoms with van der Waals surface area (Å²) >= 11 is 0. The first-order valence-corrected chi connectivity index (χ1v) is 15.9. The molecular weight excluding hydrogens is 532 g/mol. The van der Waals surface area contributed by atoms with Gasteiger partial charge in [-0.05, 0) is 117 Å². The van der Waals surface area contributed by atoms with Crippen LogP contribution in [0.1, 0.15) is 49.1 Å². The number of fused-ring (bicyclic) bond motifs is 7. The van der Waals surface area contributed by atoms with Gasteiger partial charge in [0, 0.05) is 5.69 Å². The molecule has 212 valence electrons. The van der Waals surface area contributed by atoms with E-state index in [0.29, 0.717) is 5.92 Å². The third-order valence-electron chi connectivity index (χ3n) is 10.1. The number of benzene rings is 6. The number of hydrogen-bond donors (Lipinski definition) is 0.